The number of hydrogen-bond donors (Lipinski definition) is 0. The van der Waals surface area contributed by atoms with Crippen LogP contribution in [-0.2, 0) is 0 Å². The van der Waals surface area contributed by atoms with E-state index in [0.29, 0.717) is 0 Å². The molecule has 58 valence electrons. The van der Waals surface area contributed by atoms with E-state index >= 15 is 0 Å². The van der Waals surface area contributed by atoms with Crippen LogP contribution in [0.4, 0.5) is 0 Å². The van der Waals surface area contributed by atoms with Crippen LogP contribution in [0.5, 0.6) is 0 Å². The topological polar surface area (TPSA) is 0 Å². The van der Waals surface area contributed by atoms with Gasteiger partial charge >= 0.3 is 0 Å². The monoisotopic (exact) mass is 148 g/mol. The summed E-state index contributed by atoms with van der Waals surface area (Å²) in [5.41, 5.74) is 0. The summed E-state index contributed by atoms with van der Waals surface area (Å²) in [7, 11) is 0. The van der Waals surface area contributed by atoms with Gasteiger partial charge in [-0.15, -0.1) is 0 Å². The minimum Gasteiger partial charge on any atom is -0.159 e. The zero-order chi connectivity index (χ0) is 7.70. The van der Waals surface area contributed by atoms with E-state index in [9.17, 15) is 0 Å². The molecule has 0 saturated carbocycles. The lowest BCUT2D eigenvalue weighted by atomic mass is 10.6. The fourth-order valence-corrected chi connectivity index (χ4v) is 1.06. The van der Waals surface area contributed by atoms with E-state index in [0.717, 1.165) is 5.25 Å². The summed E-state index contributed by atoms with van der Waals surface area (Å²) >= 11 is 2.03. The number of thioether (sulfide) groups is 1. The van der Waals surface area contributed by atoms with Gasteiger partial charge < -0.3 is 0 Å². The van der Waals surface area contributed by atoms with Crippen molar-refractivity contribution >= 4 is 11.8 Å². The molecule has 0 nitrogen and oxygen atoms in total. The molecule has 9 heavy (non-hydrogen) atoms. The lowest BCUT2D eigenvalue weighted by Crippen LogP contribution is -1.86. The van der Waals surface area contributed by atoms with Crippen molar-refractivity contribution in [1.29, 1.82) is 0 Å². The second-order valence-electron chi connectivity index (χ2n) is 1.92. The van der Waals surface area contributed by atoms with Gasteiger partial charge in [0, 0.05) is 0 Å². The maximum atomic E-state index is 2.24. The molecule has 0 fully saturated rings. The second-order valence-corrected chi connectivity index (χ2v) is 3.60. The Morgan fingerprint density at radius 2 is 1.67 bits per heavy atom. The zero-order valence-electron chi connectivity index (χ0n) is 7.40. The Hall–Kier alpha value is 0.350. The summed E-state index contributed by atoms with van der Waals surface area (Å²) in [4.78, 5) is 0. The first-order valence-corrected chi connectivity index (χ1v) is 4.93. The summed E-state index contributed by atoms with van der Waals surface area (Å²) in [6, 6.07) is 0. The Bertz CT molecular complexity index is 33.5. The highest BCUT2D eigenvalue weighted by atomic mass is 32.2. The van der Waals surface area contributed by atoms with E-state index in [1.807, 2.05) is 25.6 Å². The van der Waals surface area contributed by atoms with Crippen LogP contribution in [0, 0.1) is 0 Å². The summed E-state index contributed by atoms with van der Waals surface area (Å²) in [6.07, 6.45) is 1.31. The van der Waals surface area contributed by atoms with E-state index in [4.69, 9.17) is 0 Å². The van der Waals surface area contributed by atoms with Crippen LogP contribution in [0.25, 0.3) is 0 Å². The lowest BCUT2D eigenvalue weighted by Gasteiger charge is -1.99. The van der Waals surface area contributed by atoms with Gasteiger partial charge in [-0.3, -0.25) is 0 Å². The Kier molecular flexibility index (Phi) is 15.0. The van der Waals surface area contributed by atoms with E-state index in [2.05, 4.69) is 20.8 Å². The van der Waals surface area contributed by atoms with E-state index in [1.165, 1.54) is 12.2 Å². The largest absolute Gasteiger partial charge is 0.159 e. The van der Waals surface area contributed by atoms with Crippen LogP contribution in [-0.4, -0.2) is 11.0 Å². The average Bonchev–Trinajstić information content (AvgIpc) is 1.88. The molecule has 0 saturated heterocycles. The Morgan fingerprint density at radius 3 is 1.78 bits per heavy atom. The summed E-state index contributed by atoms with van der Waals surface area (Å²) in [6.45, 7) is 10.7. The van der Waals surface area contributed by atoms with Gasteiger partial charge in [0.15, 0.2) is 0 Å². The molecule has 0 unspecified atom stereocenters. The Labute approximate surface area is 64.4 Å². The van der Waals surface area contributed by atoms with Gasteiger partial charge in [0.1, 0.15) is 0 Å². The molecule has 0 N–H and O–H groups in total. The predicted octanol–water partition coefficient (Wildman–Crippen LogP) is 3.56. The van der Waals surface area contributed by atoms with Crippen LogP contribution in [0.15, 0.2) is 0 Å². The van der Waals surface area contributed by atoms with E-state index in [-0.39, 0.29) is 0 Å². The van der Waals surface area contributed by atoms with Crippen LogP contribution in [0.1, 0.15) is 41.0 Å². The summed E-state index contributed by atoms with van der Waals surface area (Å²) in [5, 5.41) is 0.819. The lowest BCUT2D eigenvalue weighted by molar-refractivity contribution is 1.06. The third-order valence-electron chi connectivity index (χ3n) is 0.655. The van der Waals surface area contributed by atoms with Crippen LogP contribution in [0.2, 0.25) is 0 Å². The summed E-state index contributed by atoms with van der Waals surface area (Å²) < 4.78 is 0. The maximum Gasteiger partial charge on any atom is -0.000969 e. The third-order valence-corrected chi connectivity index (χ3v) is 1.97. The van der Waals surface area contributed by atoms with Gasteiger partial charge in [-0.25, -0.2) is 0 Å². The molecule has 0 heterocycles. The highest BCUT2D eigenvalue weighted by Crippen LogP contribution is 2.08. The van der Waals surface area contributed by atoms with Crippen molar-refractivity contribution in [1.82, 2.24) is 0 Å². The van der Waals surface area contributed by atoms with Crippen LogP contribution >= 0.6 is 11.8 Å². The first-order chi connectivity index (χ1) is 4.27. The first-order valence-electron chi connectivity index (χ1n) is 3.89. The number of rotatable bonds is 3. The highest BCUT2D eigenvalue weighted by Gasteiger charge is 1.88. The standard InChI is InChI=1S/C6H14S.C2H6/c1-4-5-7-6(2)3;1-2/h6H,4-5H2,1-3H3;1-2H3. The molecule has 0 aromatic heterocycles. The molecule has 0 aliphatic heterocycles. The molecule has 0 aromatic rings. The second kappa shape index (κ2) is 11.2. The highest BCUT2D eigenvalue weighted by molar-refractivity contribution is 7.99. The molecule has 1 heteroatoms. The van der Waals surface area contributed by atoms with Gasteiger partial charge in [-0.05, 0) is 17.4 Å². The third kappa shape index (κ3) is 17.8. The molecule has 0 amide bonds. The molecular weight excluding hydrogens is 128 g/mol. The van der Waals surface area contributed by atoms with Crippen molar-refractivity contribution in [3.8, 4) is 0 Å². The SMILES string of the molecule is CC.CCCSC(C)C. The zero-order valence-corrected chi connectivity index (χ0v) is 8.22. The minimum absolute atomic E-state index is 0.819. The quantitative estimate of drug-likeness (QED) is 0.589. The summed E-state index contributed by atoms with van der Waals surface area (Å²) in [5.74, 6) is 1.32. The van der Waals surface area contributed by atoms with E-state index in [1.54, 1.807) is 0 Å². The van der Waals surface area contributed by atoms with Crippen molar-refractivity contribution in [2.45, 2.75) is 46.3 Å². The maximum absolute atomic E-state index is 2.24. The minimum atomic E-state index is 0.819. The fourth-order valence-electron chi connectivity index (χ4n) is 0.354. The molecule has 0 radical (unpaired) electrons. The van der Waals surface area contributed by atoms with Crippen LogP contribution < -0.4 is 0 Å². The van der Waals surface area contributed by atoms with Gasteiger partial charge in [-0.2, -0.15) is 11.8 Å². The molecule has 0 aliphatic rings. The van der Waals surface area contributed by atoms with Gasteiger partial charge in [0.2, 0.25) is 0 Å². The molecule has 0 bridgehead atoms. The Balaban J connectivity index is 0. The van der Waals surface area contributed by atoms with Crippen molar-refractivity contribution < 1.29 is 0 Å². The van der Waals surface area contributed by atoms with Gasteiger partial charge in [0.05, 0.1) is 0 Å². The normalized spacial score (nSPS) is 8.67. The first kappa shape index (κ1) is 12.1. The van der Waals surface area contributed by atoms with Crippen molar-refractivity contribution in [3.05, 3.63) is 0 Å². The number of hydrogen-bond acceptors (Lipinski definition) is 1. The van der Waals surface area contributed by atoms with Crippen molar-refractivity contribution in [2.24, 2.45) is 0 Å². The average molecular weight is 148 g/mol. The smallest absolute Gasteiger partial charge is 0.000969 e. The predicted molar refractivity (Wildman–Crippen MR) is 49.2 cm³/mol. The van der Waals surface area contributed by atoms with Crippen molar-refractivity contribution in [2.75, 3.05) is 5.75 Å². The fraction of sp³-hybridized carbons (Fsp3) is 1.00. The molecule has 0 spiro atoms. The van der Waals surface area contributed by atoms with Gasteiger partial charge in [-0.1, -0.05) is 34.6 Å². The van der Waals surface area contributed by atoms with Gasteiger partial charge in [0.25, 0.3) is 0 Å². The Morgan fingerprint density at radius 1 is 1.22 bits per heavy atom. The molecule has 0 rings (SSSR count). The van der Waals surface area contributed by atoms with E-state index < -0.39 is 0 Å². The van der Waals surface area contributed by atoms with Crippen LogP contribution in [0.3, 0.4) is 0 Å². The molecule has 0 aliphatic carbocycles. The molecule has 0 aromatic carbocycles. The van der Waals surface area contributed by atoms with Crippen molar-refractivity contribution in [3.63, 3.8) is 0 Å². The molecule has 0 atom stereocenters. The molecular formula is C8H20S.